The number of aliphatic hydroxyl groups excluding tert-OH is 1. The molecule has 1 heterocycles. The predicted molar refractivity (Wildman–Crippen MR) is 81.9 cm³/mol. The van der Waals surface area contributed by atoms with Gasteiger partial charge in [0, 0.05) is 12.8 Å². The zero-order valence-corrected chi connectivity index (χ0v) is 13.7. The first-order valence-electron chi connectivity index (χ1n) is 8.75. The molecule has 2 unspecified atom stereocenters. The minimum atomic E-state index is -0.643. The lowest BCUT2D eigenvalue weighted by Gasteiger charge is -2.28. The standard InChI is InChI=1S/C17H32O4/c1-3-4-5-9-17(19-11-12-20-17)10-8-15-6-7-16(13-15)21-14(2)18/h14-16,18H,3-13H2,1-2H3/t14?,15-,16?/m1/s1. The van der Waals surface area contributed by atoms with Crippen molar-refractivity contribution in [2.24, 2.45) is 5.92 Å². The van der Waals surface area contributed by atoms with E-state index in [2.05, 4.69) is 6.92 Å². The van der Waals surface area contributed by atoms with Gasteiger partial charge in [0.05, 0.1) is 19.3 Å². The van der Waals surface area contributed by atoms with Gasteiger partial charge in [-0.1, -0.05) is 19.8 Å². The van der Waals surface area contributed by atoms with Crippen LogP contribution in [0, 0.1) is 5.92 Å². The number of hydrogen-bond donors (Lipinski definition) is 1. The summed E-state index contributed by atoms with van der Waals surface area (Å²) in [5, 5.41) is 9.30. The monoisotopic (exact) mass is 300 g/mol. The second kappa shape index (κ2) is 8.47. The van der Waals surface area contributed by atoms with Crippen LogP contribution in [0.1, 0.15) is 71.6 Å². The minimum absolute atomic E-state index is 0.233. The van der Waals surface area contributed by atoms with Gasteiger partial charge in [0.2, 0.25) is 0 Å². The molecule has 0 aromatic heterocycles. The molecule has 1 N–H and O–H groups in total. The third-order valence-electron chi connectivity index (χ3n) is 4.79. The molecule has 0 radical (unpaired) electrons. The number of rotatable bonds is 9. The second-order valence-electron chi connectivity index (χ2n) is 6.64. The molecule has 21 heavy (non-hydrogen) atoms. The minimum Gasteiger partial charge on any atom is -0.368 e. The van der Waals surface area contributed by atoms with Gasteiger partial charge in [0.25, 0.3) is 0 Å². The summed E-state index contributed by atoms with van der Waals surface area (Å²) in [5.41, 5.74) is 0. The zero-order chi connectivity index (χ0) is 15.1. The highest BCUT2D eigenvalue weighted by molar-refractivity contribution is 4.81. The fourth-order valence-corrected chi connectivity index (χ4v) is 3.67. The largest absolute Gasteiger partial charge is 0.368 e. The Hall–Kier alpha value is -0.160. The molecule has 0 spiro atoms. The lowest BCUT2D eigenvalue weighted by molar-refractivity contribution is -0.170. The van der Waals surface area contributed by atoms with Crippen LogP contribution < -0.4 is 0 Å². The van der Waals surface area contributed by atoms with Crippen molar-refractivity contribution in [1.29, 1.82) is 0 Å². The van der Waals surface area contributed by atoms with E-state index in [0.29, 0.717) is 5.92 Å². The van der Waals surface area contributed by atoms with Gasteiger partial charge in [-0.2, -0.15) is 0 Å². The normalized spacial score (nSPS) is 29.9. The Kier molecular flexibility index (Phi) is 6.93. The van der Waals surface area contributed by atoms with E-state index < -0.39 is 6.29 Å². The third kappa shape index (κ3) is 5.51. The first-order chi connectivity index (χ1) is 10.1. The maximum atomic E-state index is 9.30. The summed E-state index contributed by atoms with van der Waals surface area (Å²) in [4.78, 5) is 0. The Balaban J connectivity index is 1.72. The van der Waals surface area contributed by atoms with Crippen LogP contribution in [0.4, 0.5) is 0 Å². The van der Waals surface area contributed by atoms with Gasteiger partial charge >= 0.3 is 0 Å². The summed E-state index contributed by atoms with van der Waals surface area (Å²) >= 11 is 0. The van der Waals surface area contributed by atoms with E-state index in [9.17, 15) is 5.11 Å². The van der Waals surface area contributed by atoms with Crippen LogP contribution in [0.3, 0.4) is 0 Å². The van der Waals surface area contributed by atoms with E-state index in [1.165, 1.54) is 25.7 Å². The van der Waals surface area contributed by atoms with Gasteiger partial charge in [-0.15, -0.1) is 0 Å². The van der Waals surface area contributed by atoms with Crippen LogP contribution in [0.2, 0.25) is 0 Å². The lowest BCUT2D eigenvalue weighted by atomic mass is 9.95. The van der Waals surface area contributed by atoms with Crippen molar-refractivity contribution in [2.75, 3.05) is 13.2 Å². The first-order valence-corrected chi connectivity index (χ1v) is 8.75. The molecule has 4 heteroatoms. The average molecular weight is 300 g/mol. The van der Waals surface area contributed by atoms with Crippen LogP contribution >= 0.6 is 0 Å². The fraction of sp³-hybridized carbons (Fsp3) is 1.00. The van der Waals surface area contributed by atoms with Gasteiger partial charge in [-0.05, 0) is 44.9 Å². The topological polar surface area (TPSA) is 47.9 Å². The van der Waals surface area contributed by atoms with Gasteiger partial charge < -0.3 is 19.3 Å². The van der Waals surface area contributed by atoms with Crippen molar-refractivity contribution in [3.63, 3.8) is 0 Å². The van der Waals surface area contributed by atoms with E-state index in [4.69, 9.17) is 14.2 Å². The van der Waals surface area contributed by atoms with E-state index >= 15 is 0 Å². The number of hydrogen-bond acceptors (Lipinski definition) is 4. The van der Waals surface area contributed by atoms with Crippen molar-refractivity contribution in [3.05, 3.63) is 0 Å². The van der Waals surface area contributed by atoms with Crippen LogP contribution in [-0.2, 0) is 14.2 Å². The number of ether oxygens (including phenoxy) is 3. The van der Waals surface area contributed by atoms with E-state index in [1.54, 1.807) is 6.92 Å². The molecule has 124 valence electrons. The van der Waals surface area contributed by atoms with Gasteiger partial charge in [0.1, 0.15) is 0 Å². The lowest BCUT2D eigenvalue weighted by Crippen LogP contribution is -2.30. The molecule has 0 aromatic rings. The summed E-state index contributed by atoms with van der Waals surface area (Å²) in [5.74, 6) is 0.378. The molecule has 2 aliphatic rings. The van der Waals surface area contributed by atoms with Crippen LogP contribution in [0.25, 0.3) is 0 Å². The molecule has 3 atom stereocenters. The summed E-state index contributed by atoms with van der Waals surface area (Å²) in [6.07, 6.45) is 9.77. The van der Waals surface area contributed by atoms with E-state index in [1.807, 2.05) is 0 Å². The molecule has 1 saturated heterocycles. The molecular formula is C17H32O4. The SMILES string of the molecule is CCCCCC1(CC[C@H]2CCC(OC(C)O)C2)OCCO1. The Bertz CT molecular complexity index is 287. The fourth-order valence-electron chi connectivity index (χ4n) is 3.67. The second-order valence-corrected chi connectivity index (χ2v) is 6.64. The van der Waals surface area contributed by atoms with E-state index in [0.717, 1.165) is 45.3 Å². The smallest absolute Gasteiger partial charge is 0.168 e. The summed E-state index contributed by atoms with van der Waals surface area (Å²) in [6, 6.07) is 0. The molecule has 2 fully saturated rings. The molecule has 0 aromatic carbocycles. The maximum absolute atomic E-state index is 9.30. The highest BCUT2D eigenvalue weighted by Crippen LogP contribution is 2.37. The summed E-state index contributed by atoms with van der Waals surface area (Å²) < 4.78 is 17.4. The molecule has 1 aliphatic heterocycles. The first kappa shape index (κ1) is 17.2. The van der Waals surface area contributed by atoms with Crippen molar-refractivity contribution >= 4 is 0 Å². The summed E-state index contributed by atoms with van der Waals surface area (Å²) in [7, 11) is 0. The van der Waals surface area contributed by atoms with Crippen molar-refractivity contribution in [1.82, 2.24) is 0 Å². The quantitative estimate of drug-likeness (QED) is 0.522. The maximum Gasteiger partial charge on any atom is 0.168 e. The number of unbranched alkanes of at least 4 members (excludes halogenated alkanes) is 2. The Morgan fingerprint density at radius 2 is 1.95 bits per heavy atom. The van der Waals surface area contributed by atoms with Crippen LogP contribution in [-0.4, -0.2) is 36.5 Å². The molecule has 1 saturated carbocycles. The zero-order valence-electron chi connectivity index (χ0n) is 13.7. The average Bonchev–Trinajstić information content (AvgIpc) is 3.06. The van der Waals surface area contributed by atoms with Gasteiger partial charge in [-0.3, -0.25) is 0 Å². The highest BCUT2D eigenvalue weighted by atomic mass is 16.7. The predicted octanol–water partition coefficient (Wildman–Crippen LogP) is 3.61. The van der Waals surface area contributed by atoms with Crippen LogP contribution in [0.15, 0.2) is 0 Å². The van der Waals surface area contributed by atoms with Crippen molar-refractivity contribution in [3.8, 4) is 0 Å². The molecule has 0 amide bonds. The van der Waals surface area contributed by atoms with Crippen LogP contribution in [0.5, 0.6) is 0 Å². The van der Waals surface area contributed by atoms with Gasteiger partial charge in [-0.25, -0.2) is 0 Å². The third-order valence-corrected chi connectivity index (χ3v) is 4.79. The molecular weight excluding hydrogens is 268 g/mol. The Morgan fingerprint density at radius 1 is 1.19 bits per heavy atom. The Labute approximate surface area is 129 Å². The Morgan fingerprint density at radius 3 is 2.62 bits per heavy atom. The number of aliphatic hydroxyl groups is 1. The van der Waals surface area contributed by atoms with Crippen molar-refractivity contribution < 1.29 is 19.3 Å². The summed E-state index contributed by atoms with van der Waals surface area (Å²) in [6.45, 7) is 5.40. The van der Waals surface area contributed by atoms with Gasteiger partial charge in [0.15, 0.2) is 12.1 Å². The molecule has 4 nitrogen and oxygen atoms in total. The molecule has 0 bridgehead atoms. The van der Waals surface area contributed by atoms with E-state index in [-0.39, 0.29) is 11.9 Å². The van der Waals surface area contributed by atoms with Crippen molar-refractivity contribution in [2.45, 2.75) is 89.8 Å². The molecule has 1 aliphatic carbocycles. The highest BCUT2D eigenvalue weighted by Gasteiger charge is 2.37. The molecule has 2 rings (SSSR count).